The van der Waals surface area contributed by atoms with Gasteiger partial charge in [0.25, 0.3) is 0 Å². The molecule has 0 aliphatic heterocycles. The molecule has 0 saturated heterocycles. The van der Waals surface area contributed by atoms with Gasteiger partial charge in [-0.05, 0) is 87.5 Å². The largest absolute Gasteiger partial charge is 0.305 e. The van der Waals surface area contributed by atoms with Crippen molar-refractivity contribution >= 4 is 29.1 Å². The van der Waals surface area contributed by atoms with Crippen LogP contribution in [0.4, 0.5) is 0 Å². The van der Waals surface area contributed by atoms with Gasteiger partial charge in [-0.1, -0.05) is 23.4 Å². The monoisotopic (exact) mass is 415 g/mol. The van der Waals surface area contributed by atoms with E-state index < -0.39 is 0 Å². The Bertz CT molecular complexity index is 872. The Kier molecular flexibility index (Phi) is 4.59. The van der Waals surface area contributed by atoms with Crippen LogP contribution in [0.15, 0.2) is 29.4 Å². The van der Waals surface area contributed by atoms with Gasteiger partial charge in [-0.3, -0.25) is 4.79 Å². The van der Waals surface area contributed by atoms with E-state index in [2.05, 4.69) is 17.1 Å². The van der Waals surface area contributed by atoms with Crippen LogP contribution >= 0.6 is 23.4 Å². The Morgan fingerprint density at radius 3 is 2.25 bits per heavy atom. The van der Waals surface area contributed by atoms with E-state index >= 15 is 0 Å². The van der Waals surface area contributed by atoms with Gasteiger partial charge in [0.15, 0.2) is 16.8 Å². The zero-order chi connectivity index (χ0) is 19.5. The summed E-state index contributed by atoms with van der Waals surface area (Å²) in [5.74, 6) is 3.62. The molecule has 0 N–H and O–H groups in total. The standard InChI is InChI=1S/C22H26ClN3OS/c1-13(19(27)22-10-14-7-15(11-22)9-16(8-14)12-22)28-21-25-24-20(26(21)2)17-3-5-18(23)6-4-17/h3-6,13-16H,7-12H2,1-2H3. The Hall–Kier alpha value is -1.33. The van der Waals surface area contributed by atoms with E-state index in [-0.39, 0.29) is 10.7 Å². The van der Waals surface area contributed by atoms with Crippen LogP contribution in [0.3, 0.4) is 0 Å². The Morgan fingerprint density at radius 2 is 1.68 bits per heavy atom. The Labute approximate surface area is 175 Å². The maximum atomic E-state index is 13.5. The van der Waals surface area contributed by atoms with Crippen LogP contribution in [0.25, 0.3) is 11.4 Å². The number of hydrogen-bond acceptors (Lipinski definition) is 4. The van der Waals surface area contributed by atoms with Crippen LogP contribution in [0.1, 0.15) is 45.4 Å². The lowest BCUT2D eigenvalue weighted by Crippen LogP contribution is -2.51. The molecule has 0 amide bonds. The van der Waals surface area contributed by atoms with Crippen molar-refractivity contribution in [3.05, 3.63) is 29.3 Å². The number of nitrogens with zero attached hydrogens (tertiary/aromatic N) is 3. The van der Waals surface area contributed by atoms with E-state index in [0.717, 1.165) is 53.6 Å². The SMILES string of the molecule is CC(Sc1nnc(-c2ccc(Cl)cc2)n1C)C(=O)C12CC3CC(CC(C3)C1)C2. The van der Waals surface area contributed by atoms with Crippen LogP contribution in [-0.2, 0) is 11.8 Å². The van der Waals surface area contributed by atoms with E-state index in [1.807, 2.05) is 35.9 Å². The van der Waals surface area contributed by atoms with Gasteiger partial charge in [0, 0.05) is 23.0 Å². The second-order valence-corrected chi connectivity index (χ2v) is 10.9. The van der Waals surface area contributed by atoms with Crippen LogP contribution in [0.2, 0.25) is 5.02 Å². The molecule has 2 aromatic rings. The van der Waals surface area contributed by atoms with Crippen molar-refractivity contribution in [2.24, 2.45) is 30.2 Å². The summed E-state index contributed by atoms with van der Waals surface area (Å²) in [7, 11) is 1.97. The Balaban J connectivity index is 1.34. The molecule has 4 fully saturated rings. The highest BCUT2D eigenvalue weighted by atomic mass is 35.5. The highest BCUT2D eigenvalue weighted by molar-refractivity contribution is 8.00. The zero-order valence-electron chi connectivity index (χ0n) is 16.4. The van der Waals surface area contributed by atoms with Crippen LogP contribution in [-0.4, -0.2) is 25.8 Å². The highest BCUT2D eigenvalue weighted by Gasteiger charge is 2.55. The van der Waals surface area contributed by atoms with Gasteiger partial charge < -0.3 is 4.57 Å². The molecule has 6 rings (SSSR count). The van der Waals surface area contributed by atoms with Crippen molar-refractivity contribution in [1.29, 1.82) is 0 Å². The molecule has 0 radical (unpaired) electrons. The van der Waals surface area contributed by atoms with E-state index in [9.17, 15) is 4.79 Å². The van der Waals surface area contributed by atoms with Crippen LogP contribution < -0.4 is 0 Å². The number of halogens is 1. The van der Waals surface area contributed by atoms with Crippen molar-refractivity contribution in [2.75, 3.05) is 0 Å². The first-order valence-electron chi connectivity index (χ1n) is 10.3. The smallest absolute Gasteiger partial charge is 0.191 e. The first kappa shape index (κ1) is 18.7. The molecule has 1 heterocycles. The number of hydrogen-bond donors (Lipinski definition) is 0. The van der Waals surface area contributed by atoms with Crippen molar-refractivity contribution in [1.82, 2.24) is 14.8 Å². The van der Waals surface area contributed by atoms with Gasteiger partial charge in [-0.15, -0.1) is 10.2 Å². The van der Waals surface area contributed by atoms with E-state index in [1.165, 1.54) is 19.3 Å². The predicted octanol–water partition coefficient (Wildman–Crippen LogP) is 5.40. The third-order valence-electron chi connectivity index (χ3n) is 7.15. The number of Topliss-reactive ketones (excluding diaryl/α,β-unsaturated/α-hetero) is 1. The molecular formula is C22H26ClN3OS. The van der Waals surface area contributed by atoms with Gasteiger partial charge >= 0.3 is 0 Å². The second kappa shape index (κ2) is 6.88. The fourth-order valence-corrected chi connectivity index (χ4v) is 7.45. The maximum Gasteiger partial charge on any atom is 0.191 e. The third kappa shape index (κ3) is 3.11. The molecule has 148 valence electrons. The topological polar surface area (TPSA) is 47.8 Å². The van der Waals surface area contributed by atoms with Crippen molar-refractivity contribution in [2.45, 2.75) is 55.9 Å². The van der Waals surface area contributed by atoms with Gasteiger partial charge in [-0.25, -0.2) is 0 Å². The van der Waals surface area contributed by atoms with E-state index in [4.69, 9.17) is 11.6 Å². The molecule has 1 unspecified atom stereocenters. The van der Waals surface area contributed by atoms with Crippen molar-refractivity contribution in [3.63, 3.8) is 0 Å². The first-order chi connectivity index (χ1) is 13.4. The van der Waals surface area contributed by atoms with Crippen molar-refractivity contribution < 1.29 is 4.79 Å². The molecule has 4 nitrogen and oxygen atoms in total. The minimum absolute atomic E-state index is 0.0568. The number of benzene rings is 1. The lowest BCUT2D eigenvalue weighted by atomic mass is 9.48. The summed E-state index contributed by atoms with van der Waals surface area (Å²) in [5.41, 5.74) is 0.921. The minimum Gasteiger partial charge on any atom is -0.305 e. The molecular weight excluding hydrogens is 390 g/mol. The molecule has 4 aliphatic rings. The van der Waals surface area contributed by atoms with Crippen molar-refractivity contribution in [3.8, 4) is 11.4 Å². The fraction of sp³-hybridized carbons (Fsp3) is 0.591. The van der Waals surface area contributed by atoms with Gasteiger partial charge in [0.2, 0.25) is 0 Å². The molecule has 0 spiro atoms. The third-order valence-corrected chi connectivity index (χ3v) is 8.54. The fourth-order valence-electron chi connectivity index (χ4n) is 6.32. The van der Waals surface area contributed by atoms with E-state index in [1.54, 1.807) is 11.8 Å². The summed E-state index contributed by atoms with van der Waals surface area (Å²) >= 11 is 7.55. The molecule has 1 atom stereocenters. The first-order valence-corrected chi connectivity index (χ1v) is 11.6. The summed E-state index contributed by atoms with van der Waals surface area (Å²) in [5, 5.41) is 10.2. The lowest BCUT2D eigenvalue weighted by Gasteiger charge is -2.56. The molecule has 1 aromatic heterocycles. The summed E-state index contributed by atoms with van der Waals surface area (Å²) in [6.45, 7) is 2.06. The minimum atomic E-state index is -0.0859. The normalized spacial score (nSPS) is 31.9. The predicted molar refractivity (Wildman–Crippen MR) is 112 cm³/mol. The maximum absolute atomic E-state index is 13.5. The summed E-state index contributed by atoms with van der Waals surface area (Å²) in [6.07, 6.45) is 7.46. The number of rotatable bonds is 5. The molecule has 4 aliphatic carbocycles. The second-order valence-electron chi connectivity index (χ2n) is 9.19. The Morgan fingerprint density at radius 1 is 1.11 bits per heavy atom. The number of carbonyl (C=O) groups excluding carboxylic acids is 1. The molecule has 1 aromatic carbocycles. The zero-order valence-corrected chi connectivity index (χ0v) is 18.0. The van der Waals surface area contributed by atoms with Crippen LogP contribution in [0.5, 0.6) is 0 Å². The van der Waals surface area contributed by atoms with E-state index in [0.29, 0.717) is 10.8 Å². The lowest BCUT2D eigenvalue weighted by molar-refractivity contribution is -0.142. The number of thioether (sulfide) groups is 1. The highest BCUT2D eigenvalue weighted by Crippen LogP contribution is 2.61. The average Bonchev–Trinajstić information content (AvgIpc) is 3.01. The molecule has 6 heteroatoms. The van der Waals surface area contributed by atoms with Crippen LogP contribution in [0, 0.1) is 23.2 Å². The number of ketones is 1. The summed E-state index contributed by atoms with van der Waals surface area (Å²) < 4.78 is 1.98. The number of aromatic nitrogens is 3. The summed E-state index contributed by atoms with van der Waals surface area (Å²) in [4.78, 5) is 13.5. The quantitative estimate of drug-likeness (QED) is 0.613. The average molecular weight is 416 g/mol. The van der Waals surface area contributed by atoms with Gasteiger partial charge in [0.1, 0.15) is 0 Å². The molecule has 4 saturated carbocycles. The molecule has 4 bridgehead atoms. The number of carbonyl (C=O) groups is 1. The summed E-state index contributed by atoms with van der Waals surface area (Å²) in [6, 6.07) is 7.62. The molecule has 28 heavy (non-hydrogen) atoms. The van der Waals surface area contributed by atoms with Gasteiger partial charge in [-0.2, -0.15) is 0 Å². The van der Waals surface area contributed by atoms with Gasteiger partial charge in [0.05, 0.1) is 5.25 Å².